The first-order valence-corrected chi connectivity index (χ1v) is 10.8. The second kappa shape index (κ2) is 11.1. The van der Waals surface area contributed by atoms with E-state index in [1.54, 1.807) is 41.6 Å². The maximum absolute atomic E-state index is 11.9. The van der Waals surface area contributed by atoms with Crippen molar-refractivity contribution in [1.29, 1.82) is 0 Å². The van der Waals surface area contributed by atoms with Crippen LogP contribution in [0.2, 0.25) is 0 Å². The molecule has 7 heteroatoms. The molecule has 1 rings (SSSR count). The summed E-state index contributed by atoms with van der Waals surface area (Å²) in [6.07, 6.45) is 3.58. The molecule has 142 valence electrons. The van der Waals surface area contributed by atoms with E-state index in [9.17, 15) is 9.90 Å². The summed E-state index contributed by atoms with van der Waals surface area (Å²) in [7, 11) is 3.22. The highest BCUT2D eigenvalue weighted by atomic mass is 33.1. The number of carbonyl (C=O) groups is 1. The Bertz CT molecular complexity index is 505. The van der Waals surface area contributed by atoms with E-state index in [0.717, 1.165) is 17.2 Å². The van der Waals surface area contributed by atoms with Gasteiger partial charge in [0.05, 0.1) is 17.8 Å². The van der Waals surface area contributed by atoms with Gasteiger partial charge >= 0.3 is 0 Å². The number of aliphatic hydroxyl groups is 1. The van der Waals surface area contributed by atoms with Gasteiger partial charge in [-0.3, -0.25) is 4.79 Å². The second-order valence-electron chi connectivity index (χ2n) is 7.09. The molecule has 0 fully saturated rings. The largest absolute Gasteiger partial charge is 0.390 e. The van der Waals surface area contributed by atoms with Gasteiger partial charge in [0.25, 0.3) is 0 Å². The summed E-state index contributed by atoms with van der Waals surface area (Å²) in [5, 5.41) is 13.6. The maximum Gasteiger partial charge on any atom is 0.220 e. The molecular weight excluding hydrogens is 356 g/mol. The number of carbonyl (C=O) groups excluding carboxylic acids is 1. The van der Waals surface area contributed by atoms with E-state index >= 15 is 0 Å². The average molecular weight is 387 g/mol. The number of hydrogen-bond donors (Lipinski definition) is 2. The van der Waals surface area contributed by atoms with Gasteiger partial charge in [0.2, 0.25) is 5.91 Å². The minimum Gasteiger partial charge on any atom is -0.390 e. The van der Waals surface area contributed by atoms with Gasteiger partial charge in [-0.25, -0.2) is 4.98 Å². The Morgan fingerprint density at radius 3 is 2.68 bits per heavy atom. The van der Waals surface area contributed by atoms with Gasteiger partial charge < -0.3 is 15.2 Å². The highest BCUT2D eigenvalue weighted by Crippen LogP contribution is 2.29. The quantitative estimate of drug-likeness (QED) is 0.422. The zero-order valence-electron chi connectivity index (χ0n) is 15.6. The number of amides is 1. The third-order valence-corrected chi connectivity index (χ3v) is 5.72. The summed E-state index contributed by atoms with van der Waals surface area (Å²) < 4.78 is 5.81. The van der Waals surface area contributed by atoms with Crippen LogP contribution in [0.5, 0.6) is 0 Å². The minimum absolute atomic E-state index is 0.0569. The van der Waals surface area contributed by atoms with Crippen molar-refractivity contribution in [3.8, 4) is 0 Å². The Balaban J connectivity index is 2.08. The van der Waals surface area contributed by atoms with Crippen LogP contribution < -0.4 is 5.32 Å². The summed E-state index contributed by atoms with van der Waals surface area (Å²) in [5.74, 6) is 0.805. The monoisotopic (exact) mass is 386 g/mol. The van der Waals surface area contributed by atoms with Crippen molar-refractivity contribution in [2.45, 2.75) is 63.2 Å². The van der Waals surface area contributed by atoms with Crippen LogP contribution >= 0.6 is 21.6 Å². The molecule has 0 aliphatic heterocycles. The van der Waals surface area contributed by atoms with Crippen molar-refractivity contribution in [3.63, 3.8) is 0 Å². The molecule has 0 saturated carbocycles. The molecule has 0 saturated heterocycles. The van der Waals surface area contributed by atoms with E-state index in [-0.39, 0.29) is 11.5 Å². The lowest BCUT2D eigenvalue weighted by atomic mass is 10.0. The van der Waals surface area contributed by atoms with Crippen molar-refractivity contribution in [1.82, 2.24) is 10.3 Å². The number of rotatable bonds is 12. The maximum atomic E-state index is 11.9. The van der Waals surface area contributed by atoms with E-state index in [1.807, 2.05) is 32.0 Å². The van der Waals surface area contributed by atoms with Crippen molar-refractivity contribution < 1.29 is 14.6 Å². The normalized spacial score (nSPS) is 12.2. The first kappa shape index (κ1) is 22.3. The summed E-state index contributed by atoms with van der Waals surface area (Å²) in [4.78, 5) is 16.1. The molecule has 1 amide bonds. The molecule has 0 atom stereocenters. The van der Waals surface area contributed by atoms with Crippen LogP contribution in [0.15, 0.2) is 29.4 Å². The lowest BCUT2D eigenvalue weighted by Gasteiger charge is -2.27. The first-order valence-electron chi connectivity index (χ1n) is 8.51. The Hall–Kier alpha value is -0.760. The summed E-state index contributed by atoms with van der Waals surface area (Å²) >= 11 is 0. The molecule has 1 heterocycles. The van der Waals surface area contributed by atoms with Crippen LogP contribution in [0.4, 0.5) is 0 Å². The van der Waals surface area contributed by atoms with Gasteiger partial charge in [0.1, 0.15) is 5.03 Å². The number of nitrogens with one attached hydrogen (secondary N) is 1. The lowest BCUT2D eigenvalue weighted by molar-refractivity contribution is -0.120. The van der Waals surface area contributed by atoms with Crippen molar-refractivity contribution >= 4 is 27.5 Å². The second-order valence-corrected chi connectivity index (χ2v) is 9.53. The highest BCUT2D eigenvalue weighted by molar-refractivity contribution is 8.76. The van der Waals surface area contributed by atoms with E-state index in [1.165, 1.54) is 0 Å². The van der Waals surface area contributed by atoms with Gasteiger partial charge in [-0.2, -0.15) is 0 Å². The Labute approximate surface area is 159 Å². The third kappa shape index (κ3) is 12.3. The minimum atomic E-state index is -0.713. The predicted octanol–water partition coefficient (Wildman–Crippen LogP) is 3.67. The Kier molecular flexibility index (Phi) is 9.86. The zero-order valence-corrected chi connectivity index (χ0v) is 17.2. The molecule has 0 aromatic carbocycles. The molecule has 5 nitrogen and oxygen atoms in total. The SMILES string of the molecule is CC(C)(O)CCOC(C)(C)CCNC(=O)CCSSc1ccccn1. The Morgan fingerprint density at radius 2 is 2.04 bits per heavy atom. The lowest BCUT2D eigenvalue weighted by Crippen LogP contribution is -2.34. The van der Waals surface area contributed by atoms with Crippen LogP contribution in [0.3, 0.4) is 0 Å². The summed E-state index contributed by atoms with van der Waals surface area (Å²) in [6.45, 7) is 8.64. The van der Waals surface area contributed by atoms with Gasteiger partial charge in [-0.1, -0.05) is 16.9 Å². The smallest absolute Gasteiger partial charge is 0.220 e. The van der Waals surface area contributed by atoms with Crippen LogP contribution in [-0.4, -0.2) is 46.1 Å². The molecule has 0 spiro atoms. The molecule has 2 N–H and O–H groups in total. The molecule has 0 aliphatic rings. The van der Waals surface area contributed by atoms with Gasteiger partial charge in [-0.05, 0) is 63.5 Å². The third-order valence-electron chi connectivity index (χ3n) is 3.45. The number of ether oxygens (including phenoxy) is 1. The highest BCUT2D eigenvalue weighted by Gasteiger charge is 2.20. The van der Waals surface area contributed by atoms with Crippen LogP contribution in [0.25, 0.3) is 0 Å². The molecule has 1 aromatic rings. The molecule has 25 heavy (non-hydrogen) atoms. The van der Waals surface area contributed by atoms with E-state index in [4.69, 9.17) is 4.74 Å². The Morgan fingerprint density at radius 1 is 1.28 bits per heavy atom. The molecule has 0 aliphatic carbocycles. The summed E-state index contributed by atoms with van der Waals surface area (Å²) in [6, 6.07) is 5.80. The van der Waals surface area contributed by atoms with Crippen molar-refractivity contribution in [2.24, 2.45) is 0 Å². The predicted molar refractivity (Wildman–Crippen MR) is 106 cm³/mol. The average Bonchev–Trinajstić information content (AvgIpc) is 2.51. The van der Waals surface area contributed by atoms with Crippen molar-refractivity contribution in [2.75, 3.05) is 18.9 Å². The van der Waals surface area contributed by atoms with E-state index < -0.39 is 5.60 Å². The fourth-order valence-corrected chi connectivity index (χ4v) is 3.74. The van der Waals surface area contributed by atoms with Gasteiger partial charge in [0.15, 0.2) is 0 Å². The molecule has 0 unspecified atom stereocenters. The number of nitrogens with zero attached hydrogens (tertiary/aromatic N) is 1. The number of pyridine rings is 1. The summed E-state index contributed by atoms with van der Waals surface area (Å²) in [5.41, 5.74) is -1.03. The van der Waals surface area contributed by atoms with Gasteiger partial charge in [-0.15, -0.1) is 0 Å². The van der Waals surface area contributed by atoms with Crippen LogP contribution in [0, 0.1) is 0 Å². The molecule has 0 bridgehead atoms. The standard InChI is InChI=1S/C18H30N2O3S2/c1-17(2,22)10-13-23-18(3,4)9-12-19-15(21)8-14-24-25-16-7-5-6-11-20-16/h5-7,11,22H,8-10,12-14H2,1-4H3,(H,19,21). The molecule has 1 aromatic heterocycles. The topological polar surface area (TPSA) is 71.5 Å². The van der Waals surface area contributed by atoms with E-state index in [0.29, 0.717) is 26.0 Å². The van der Waals surface area contributed by atoms with E-state index in [2.05, 4.69) is 10.3 Å². The molecule has 0 radical (unpaired) electrons. The first-order chi connectivity index (χ1) is 11.7. The van der Waals surface area contributed by atoms with Crippen molar-refractivity contribution in [3.05, 3.63) is 24.4 Å². The van der Waals surface area contributed by atoms with Crippen LogP contribution in [0.1, 0.15) is 47.0 Å². The van der Waals surface area contributed by atoms with Gasteiger partial charge in [0, 0.05) is 24.9 Å². The fraction of sp³-hybridized carbons (Fsp3) is 0.667. The fourth-order valence-electron chi connectivity index (χ4n) is 1.87. The zero-order chi connectivity index (χ0) is 18.8. The number of hydrogen-bond acceptors (Lipinski definition) is 6. The number of aromatic nitrogens is 1. The van der Waals surface area contributed by atoms with Crippen LogP contribution in [-0.2, 0) is 9.53 Å². The molecular formula is C18H30N2O3S2.